The number of carbonyl (C=O) groups excluding carboxylic acids is 1. The molecule has 8 nitrogen and oxygen atoms in total. The highest BCUT2D eigenvalue weighted by Gasteiger charge is 2.20. The lowest BCUT2D eigenvalue weighted by Crippen LogP contribution is -2.48. The van der Waals surface area contributed by atoms with E-state index in [-0.39, 0.29) is 11.6 Å². The fourth-order valence-corrected chi connectivity index (χ4v) is 1.75. The molecule has 2 heterocycles. The number of rotatable bonds is 5. The Hall–Kier alpha value is -1.93. The van der Waals surface area contributed by atoms with Crippen molar-refractivity contribution < 1.29 is 19.4 Å². The summed E-state index contributed by atoms with van der Waals surface area (Å²) in [5.74, 6) is -1.23. The van der Waals surface area contributed by atoms with Gasteiger partial charge in [0.05, 0.1) is 12.9 Å². The van der Waals surface area contributed by atoms with E-state index in [1.54, 1.807) is 4.57 Å². The summed E-state index contributed by atoms with van der Waals surface area (Å²) in [6, 6.07) is 0. The summed E-state index contributed by atoms with van der Waals surface area (Å²) in [5.41, 5.74) is -0.00820. The van der Waals surface area contributed by atoms with Gasteiger partial charge in [0.15, 0.2) is 5.69 Å². The highest BCUT2D eigenvalue weighted by atomic mass is 16.5. The predicted molar refractivity (Wildman–Crippen MR) is 64.8 cm³/mol. The first-order valence-electron chi connectivity index (χ1n) is 6.02. The predicted octanol–water partition coefficient (Wildman–Crippen LogP) is -1.31. The summed E-state index contributed by atoms with van der Waals surface area (Å²) in [5, 5.41) is 14.5. The molecule has 1 saturated heterocycles. The van der Waals surface area contributed by atoms with E-state index >= 15 is 0 Å². The molecule has 1 aromatic heterocycles. The summed E-state index contributed by atoms with van der Waals surface area (Å²) in [6.45, 7) is 2.67. The van der Waals surface area contributed by atoms with Crippen LogP contribution in [0.2, 0.25) is 0 Å². The average molecular weight is 268 g/mol. The number of imidazole rings is 1. The van der Waals surface area contributed by atoms with Gasteiger partial charge >= 0.3 is 5.97 Å². The fraction of sp³-hybridized carbons (Fsp3) is 0.545. The third-order valence-electron chi connectivity index (χ3n) is 2.74. The second-order valence-electron chi connectivity index (χ2n) is 4.16. The third kappa shape index (κ3) is 3.76. The normalized spacial score (nSPS) is 19.1. The molecule has 1 aliphatic rings. The SMILES string of the molecule is O=C(O)c1cn(CCNC(=O)C2CNCCO2)cn1. The number of nitrogens with zero attached hydrogens (tertiary/aromatic N) is 2. The van der Waals surface area contributed by atoms with Crippen LogP contribution in [0.3, 0.4) is 0 Å². The number of amides is 1. The molecule has 2 rings (SSSR count). The number of carboxylic acid groups (broad SMARTS) is 1. The second kappa shape index (κ2) is 6.30. The smallest absolute Gasteiger partial charge is 0.356 e. The zero-order chi connectivity index (χ0) is 13.7. The summed E-state index contributed by atoms with van der Waals surface area (Å²) in [6.07, 6.45) is 2.40. The van der Waals surface area contributed by atoms with E-state index in [0.717, 1.165) is 6.54 Å². The minimum atomic E-state index is -1.07. The number of nitrogens with one attached hydrogen (secondary N) is 2. The van der Waals surface area contributed by atoms with E-state index in [9.17, 15) is 9.59 Å². The molecule has 1 aromatic rings. The van der Waals surface area contributed by atoms with Crippen molar-refractivity contribution in [1.29, 1.82) is 0 Å². The van der Waals surface area contributed by atoms with E-state index in [1.165, 1.54) is 12.5 Å². The van der Waals surface area contributed by atoms with Crippen LogP contribution in [0.15, 0.2) is 12.5 Å². The highest BCUT2D eigenvalue weighted by Crippen LogP contribution is 1.97. The van der Waals surface area contributed by atoms with Crippen LogP contribution in [0.25, 0.3) is 0 Å². The molecule has 19 heavy (non-hydrogen) atoms. The summed E-state index contributed by atoms with van der Waals surface area (Å²) >= 11 is 0. The van der Waals surface area contributed by atoms with Crippen molar-refractivity contribution >= 4 is 11.9 Å². The van der Waals surface area contributed by atoms with Crippen molar-refractivity contribution in [3.8, 4) is 0 Å². The Kier molecular flexibility index (Phi) is 4.48. The lowest BCUT2D eigenvalue weighted by Gasteiger charge is -2.22. The van der Waals surface area contributed by atoms with Crippen molar-refractivity contribution in [2.24, 2.45) is 0 Å². The molecular weight excluding hydrogens is 252 g/mol. The molecule has 3 N–H and O–H groups in total. The summed E-state index contributed by atoms with van der Waals surface area (Å²) < 4.78 is 6.92. The molecule has 1 aliphatic heterocycles. The van der Waals surface area contributed by atoms with Crippen LogP contribution >= 0.6 is 0 Å². The first-order valence-corrected chi connectivity index (χ1v) is 6.02. The van der Waals surface area contributed by atoms with Crippen LogP contribution in [-0.2, 0) is 16.1 Å². The number of morpholine rings is 1. The number of hydrogen-bond acceptors (Lipinski definition) is 5. The molecule has 0 aliphatic carbocycles. The zero-order valence-corrected chi connectivity index (χ0v) is 10.3. The van der Waals surface area contributed by atoms with Crippen molar-refractivity contribution in [3.63, 3.8) is 0 Å². The molecule has 1 atom stereocenters. The third-order valence-corrected chi connectivity index (χ3v) is 2.74. The Bertz CT molecular complexity index is 453. The van der Waals surface area contributed by atoms with Crippen LogP contribution < -0.4 is 10.6 Å². The van der Waals surface area contributed by atoms with Gasteiger partial charge in [-0.15, -0.1) is 0 Å². The first-order chi connectivity index (χ1) is 9.16. The quantitative estimate of drug-likeness (QED) is 0.612. The molecule has 0 saturated carbocycles. The van der Waals surface area contributed by atoms with Gasteiger partial charge < -0.3 is 25.0 Å². The van der Waals surface area contributed by atoms with Crippen molar-refractivity contribution in [2.75, 3.05) is 26.2 Å². The maximum absolute atomic E-state index is 11.7. The lowest BCUT2D eigenvalue weighted by molar-refractivity contribution is -0.134. The highest BCUT2D eigenvalue weighted by molar-refractivity contribution is 5.84. The molecule has 0 aromatic carbocycles. The van der Waals surface area contributed by atoms with Gasteiger partial charge in [-0.05, 0) is 0 Å². The number of ether oxygens (including phenoxy) is 1. The molecule has 0 bridgehead atoms. The van der Waals surface area contributed by atoms with Crippen LogP contribution in [0.4, 0.5) is 0 Å². The lowest BCUT2D eigenvalue weighted by atomic mass is 10.3. The Labute approximate surface area is 109 Å². The van der Waals surface area contributed by atoms with E-state index in [1.807, 2.05) is 0 Å². The van der Waals surface area contributed by atoms with Crippen LogP contribution in [-0.4, -0.2) is 58.9 Å². The van der Waals surface area contributed by atoms with Gasteiger partial charge in [-0.3, -0.25) is 4.79 Å². The number of carboxylic acids is 1. The van der Waals surface area contributed by atoms with Crippen LogP contribution in [0.5, 0.6) is 0 Å². The van der Waals surface area contributed by atoms with Crippen molar-refractivity contribution in [2.45, 2.75) is 12.6 Å². The number of aromatic nitrogens is 2. The molecule has 8 heteroatoms. The van der Waals surface area contributed by atoms with E-state index in [0.29, 0.717) is 26.2 Å². The van der Waals surface area contributed by atoms with E-state index < -0.39 is 12.1 Å². The van der Waals surface area contributed by atoms with Gasteiger partial charge in [0, 0.05) is 32.4 Å². The van der Waals surface area contributed by atoms with Crippen molar-refractivity contribution in [1.82, 2.24) is 20.2 Å². The van der Waals surface area contributed by atoms with Gasteiger partial charge in [-0.1, -0.05) is 0 Å². The number of aromatic carboxylic acids is 1. The Morgan fingerprint density at radius 2 is 2.47 bits per heavy atom. The van der Waals surface area contributed by atoms with E-state index in [2.05, 4.69) is 15.6 Å². The Morgan fingerprint density at radius 3 is 3.11 bits per heavy atom. The monoisotopic (exact) mass is 268 g/mol. The van der Waals surface area contributed by atoms with Crippen LogP contribution in [0.1, 0.15) is 10.5 Å². The van der Waals surface area contributed by atoms with Crippen molar-refractivity contribution in [3.05, 3.63) is 18.2 Å². The zero-order valence-electron chi connectivity index (χ0n) is 10.3. The van der Waals surface area contributed by atoms with Gasteiger partial charge in [-0.25, -0.2) is 9.78 Å². The molecular formula is C11H16N4O4. The largest absolute Gasteiger partial charge is 0.476 e. The maximum atomic E-state index is 11.7. The molecule has 0 spiro atoms. The minimum Gasteiger partial charge on any atom is -0.476 e. The molecule has 1 unspecified atom stereocenters. The van der Waals surface area contributed by atoms with E-state index in [4.69, 9.17) is 9.84 Å². The molecule has 1 fully saturated rings. The van der Waals surface area contributed by atoms with Gasteiger partial charge in [0.25, 0.3) is 5.91 Å². The fourth-order valence-electron chi connectivity index (χ4n) is 1.75. The first kappa shape index (κ1) is 13.5. The van der Waals surface area contributed by atoms with Gasteiger partial charge in [0.2, 0.25) is 0 Å². The standard InChI is InChI=1S/C11H16N4O4/c16-10(9-5-12-2-4-19-9)13-1-3-15-6-8(11(17)18)14-7-15/h6-7,9,12H,1-5H2,(H,13,16)(H,17,18). The maximum Gasteiger partial charge on any atom is 0.356 e. The van der Waals surface area contributed by atoms with Gasteiger partial charge in [0.1, 0.15) is 6.10 Å². The molecule has 1 amide bonds. The topological polar surface area (TPSA) is 105 Å². The average Bonchev–Trinajstić information content (AvgIpc) is 2.89. The molecule has 0 radical (unpaired) electrons. The Morgan fingerprint density at radius 1 is 1.63 bits per heavy atom. The number of carbonyl (C=O) groups is 2. The second-order valence-corrected chi connectivity index (χ2v) is 4.16. The Balaban J connectivity index is 1.73. The summed E-state index contributed by atoms with van der Waals surface area (Å²) in [4.78, 5) is 26.1. The summed E-state index contributed by atoms with van der Waals surface area (Å²) in [7, 11) is 0. The number of hydrogen-bond donors (Lipinski definition) is 3. The minimum absolute atomic E-state index is 0.00820. The van der Waals surface area contributed by atoms with Crippen LogP contribution in [0, 0.1) is 0 Å². The van der Waals surface area contributed by atoms with Gasteiger partial charge in [-0.2, -0.15) is 0 Å². The molecule has 104 valence electrons.